The summed E-state index contributed by atoms with van der Waals surface area (Å²) in [5, 5.41) is 1.95. The highest BCUT2D eigenvalue weighted by Gasteiger charge is 2.20. The van der Waals surface area contributed by atoms with Crippen molar-refractivity contribution in [1.82, 2.24) is 0 Å². The van der Waals surface area contributed by atoms with E-state index in [1.807, 2.05) is 60.7 Å². The zero-order valence-corrected chi connectivity index (χ0v) is 19.8. The molecule has 0 radical (unpaired) electrons. The van der Waals surface area contributed by atoms with Gasteiger partial charge in [-0.1, -0.05) is 65.4 Å². The Kier molecular flexibility index (Phi) is 7.20. The van der Waals surface area contributed by atoms with Crippen molar-refractivity contribution in [2.75, 3.05) is 18.1 Å². The van der Waals surface area contributed by atoms with Crippen molar-refractivity contribution in [1.29, 1.82) is 0 Å². The highest BCUT2D eigenvalue weighted by Crippen LogP contribution is 2.26. The first-order valence-electron chi connectivity index (χ1n) is 10.6. The van der Waals surface area contributed by atoms with E-state index in [1.165, 1.54) is 15.3 Å². The molecule has 0 spiro atoms. The first-order chi connectivity index (χ1) is 15.5. The molecular weight excluding hydrogens is 440 g/mol. The van der Waals surface area contributed by atoms with Crippen LogP contribution in [-0.4, -0.2) is 19.1 Å². The van der Waals surface area contributed by atoms with E-state index in [0.29, 0.717) is 19.8 Å². The van der Waals surface area contributed by atoms with Gasteiger partial charge in [0.2, 0.25) is 16.4 Å². The fraction of sp³-hybridized carbons (Fsp3) is 0.231. The van der Waals surface area contributed by atoms with E-state index < -0.39 is 0 Å². The molecule has 1 amide bonds. The maximum absolute atomic E-state index is 12.4. The average molecular weight is 466 g/mol. The standard InChI is InChI=1S/C26H26ClN2O2S/c1-19(30)28(14-15-31-18-22-6-4-3-5-7-22)24-12-13-26-25(16-24)29(20(2)32-26)17-21-8-10-23(27)11-9-21/h3-13,16H,14-15,17-18H2,1-2H3/q+1. The maximum atomic E-state index is 12.4. The number of benzene rings is 3. The molecule has 1 aromatic heterocycles. The zero-order valence-electron chi connectivity index (χ0n) is 18.3. The normalized spacial score (nSPS) is 11.1. The number of nitrogens with zero attached hydrogens (tertiary/aromatic N) is 2. The van der Waals surface area contributed by atoms with Crippen molar-refractivity contribution in [2.45, 2.75) is 27.0 Å². The number of aryl methyl sites for hydroxylation is 1. The molecule has 1 heterocycles. The van der Waals surface area contributed by atoms with Crippen LogP contribution >= 0.6 is 22.9 Å². The Balaban J connectivity index is 1.52. The smallest absolute Gasteiger partial charge is 0.235 e. The zero-order chi connectivity index (χ0) is 22.5. The van der Waals surface area contributed by atoms with Gasteiger partial charge in [-0.3, -0.25) is 4.79 Å². The van der Waals surface area contributed by atoms with Crippen LogP contribution in [0.25, 0.3) is 10.2 Å². The third kappa shape index (κ3) is 5.36. The molecule has 0 saturated heterocycles. The van der Waals surface area contributed by atoms with Crippen molar-refractivity contribution in [3.63, 3.8) is 0 Å². The third-order valence-corrected chi connectivity index (χ3v) is 6.72. The van der Waals surface area contributed by atoms with Crippen molar-refractivity contribution in [3.8, 4) is 0 Å². The second-order valence-electron chi connectivity index (χ2n) is 7.69. The fourth-order valence-corrected chi connectivity index (χ4v) is 4.84. The lowest BCUT2D eigenvalue weighted by Crippen LogP contribution is -2.36. The molecule has 4 rings (SSSR count). The number of anilines is 1. The second-order valence-corrected chi connectivity index (χ2v) is 9.37. The first kappa shape index (κ1) is 22.5. The molecule has 4 nitrogen and oxygen atoms in total. The van der Waals surface area contributed by atoms with Gasteiger partial charge in [0.15, 0.2) is 6.54 Å². The highest BCUT2D eigenvalue weighted by atomic mass is 35.5. The SMILES string of the molecule is CC(=O)N(CCOCc1ccccc1)c1ccc2sc(C)[n+](Cc3ccc(Cl)cc3)c2c1. The lowest BCUT2D eigenvalue weighted by molar-refractivity contribution is -0.663. The van der Waals surface area contributed by atoms with E-state index >= 15 is 0 Å². The van der Waals surface area contributed by atoms with Crippen LogP contribution in [0.3, 0.4) is 0 Å². The monoisotopic (exact) mass is 465 g/mol. The number of fused-ring (bicyclic) bond motifs is 1. The van der Waals surface area contributed by atoms with Crippen LogP contribution in [0, 0.1) is 6.92 Å². The number of aromatic nitrogens is 1. The van der Waals surface area contributed by atoms with E-state index in [-0.39, 0.29) is 5.91 Å². The minimum absolute atomic E-state index is 0.00358. The lowest BCUT2D eigenvalue weighted by atomic mass is 10.2. The molecule has 0 N–H and O–H groups in total. The van der Waals surface area contributed by atoms with Crippen LogP contribution in [0.15, 0.2) is 72.8 Å². The number of ether oxygens (including phenoxy) is 1. The van der Waals surface area contributed by atoms with E-state index in [0.717, 1.165) is 28.3 Å². The van der Waals surface area contributed by atoms with Crippen molar-refractivity contribution < 1.29 is 14.1 Å². The Morgan fingerprint density at radius 3 is 2.50 bits per heavy atom. The lowest BCUT2D eigenvalue weighted by Gasteiger charge is -2.21. The van der Waals surface area contributed by atoms with Gasteiger partial charge in [0.1, 0.15) is 4.70 Å². The topological polar surface area (TPSA) is 33.4 Å². The Morgan fingerprint density at radius 2 is 1.78 bits per heavy atom. The number of halogens is 1. The largest absolute Gasteiger partial charge is 0.375 e. The third-order valence-electron chi connectivity index (χ3n) is 5.39. The van der Waals surface area contributed by atoms with Crippen LogP contribution in [-0.2, 0) is 22.7 Å². The highest BCUT2D eigenvalue weighted by molar-refractivity contribution is 7.18. The predicted molar refractivity (Wildman–Crippen MR) is 131 cm³/mol. The van der Waals surface area contributed by atoms with Gasteiger partial charge in [-0.25, -0.2) is 0 Å². The van der Waals surface area contributed by atoms with E-state index in [9.17, 15) is 4.79 Å². The number of amides is 1. The Morgan fingerprint density at radius 1 is 1.03 bits per heavy atom. The molecule has 0 aliphatic heterocycles. The van der Waals surface area contributed by atoms with Crippen molar-refractivity contribution >= 4 is 44.7 Å². The van der Waals surface area contributed by atoms with Gasteiger partial charge in [0.25, 0.3) is 0 Å². The van der Waals surface area contributed by atoms with Crippen LogP contribution in [0.1, 0.15) is 23.1 Å². The van der Waals surface area contributed by atoms with Crippen LogP contribution in [0.2, 0.25) is 5.02 Å². The summed E-state index contributed by atoms with van der Waals surface area (Å²) in [7, 11) is 0. The number of carbonyl (C=O) groups is 1. The number of thiazole rings is 1. The summed E-state index contributed by atoms with van der Waals surface area (Å²) in [4.78, 5) is 14.2. The molecule has 4 aromatic rings. The van der Waals surface area contributed by atoms with E-state index in [4.69, 9.17) is 16.3 Å². The van der Waals surface area contributed by atoms with Gasteiger partial charge >= 0.3 is 0 Å². The molecule has 6 heteroatoms. The Bertz CT molecular complexity index is 1210. The molecule has 164 valence electrons. The van der Waals surface area contributed by atoms with Gasteiger partial charge in [-0.05, 0) is 29.8 Å². The van der Waals surface area contributed by atoms with Crippen molar-refractivity contribution in [2.24, 2.45) is 0 Å². The van der Waals surface area contributed by atoms with Crippen LogP contribution in [0.4, 0.5) is 5.69 Å². The maximum Gasteiger partial charge on any atom is 0.235 e. The summed E-state index contributed by atoms with van der Waals surface area (Å²) in [6, 6.07) is 24.2. The summed E-state index contributed by atoms with van der Waals surface area (Å²) in [6.07, 6.45) is 0. The average Bonchev–Trinajstić information content (AvgIpc) is 3.10. The summed E-state index contributed by atoms with van der Waals surface area (Å²) in [6.45, 7) is 6.00. The number of rotatable bonds is 8. The van der Waals surface area contributed by atoms with Crippen molar-refractivity contribution in [3.05, 3.63) is 94.0 Å². The van der Waals surface area contributed by atoms with Gasteiger partial charge in [-0.2, -0.15) is 4.57 Å². The number of hydrogen-bond donors (Lipinski definition) is 0. The van der Waals surface area contributed by atoms with E-state index in [2.05, 4.69) is 23.6 Å². The van der Waals surface area contributed by atoms with Gasteiger partial charge in [0, 0.05) is 37.0 Å². The minimum Gasteiger partial charge on any atom is -0.375 e. The summed E-state index contributed by atoms with van der Waals surface area (Å²) >= 11 is 7.80. The van der Waals surface area contributed by atoms with Crippen LogP contribution in [0.5, 0.6) is 0 Å². The molecule has 0 fully saturated rings. The predicted octanol–water partition coefficient (Wildman–Crippen LogP) is 5.77. The molecule has 0 saturated carbocycles. The Hall–Kier alpha value is -2.73. The van der Waals surface area contributed by atoms with Gasteiger partial charge in [-0.15, -0.1) is 0 Å². The molecule has 0 bridgehead atoms. The summed E-state index contributed by atoms with van der Waals surface area (Å²) in [5.41, 5.74) is 4.32. The van der Waals surface area contributed by atoms with Gasteiger partial charge < -0.3 is 9.64 Å². The first-order valence-corrected chi connectivity index (χ1v) is 11.8. The quantitative estimate of drug-likeness (QED) is 0.244. The summed E-state index contributed by atoms with van der Waals surface area (Å²) in [5.74, 6) is 0.00358. The molecule has 0 unspecified atom stereocenters. The second kappa shape index (κ2) is 10.3. The number of carbonyl (C=O) groups excluding carboxylic acids is 1. The minimum atomic E-state index is 0.00358. The summed E-state index contributed by atoms with van der Waals surface area (Å²) < 4.78 is 9.30. The molecule has 32 heavy (non-hydrogen) atoms. The molecule has 0 aliphatic rings. The molecule has 0 atom stereocenters. The molecular formula is C26H26ClN2O2S+. The fourth-order valence-electron chi connectivity index (χ4n) is 3.71. The van der Waals surface area contributed by atoms with Gasteiger partial charge in [0.05, 0.1) is 18.9 Å². The number of hydrogen-bond acceptors (Lipinski definition) is 3. The molecule has 0 aliphatic carbocycles. The Labute approximate surface area is 197 Å². The van der Waals surface area contributed by atoms with E-state index in [1.54, 1.807) is 23.2 Å². The van der Waals surface area contributed by atoms with Crippen LogP contribution < -0.4 is 9.47 Å². The molecule has 3 aromatic carbocycles.